The highest BCUT2D eigenvalue weighted by molar-refractivity contribution is 7.12. The van der Waals surface area contributed by atoms with Gasteiger partial charge in [-0.05, 0) is 23.6 Å². The molecule has 0 aliphatic rings. The second kappa shape index (κ2) is 4.81. The number of amides is 1. The van der Waals surface area contributed by atoms with E-state index in [-0.39, 0.29) is 11.5 Å². The van der Waals surface area contributed by atoms with E-state index in [4.69, 9.17) is 0 Å². The van der Waals surface area contributed by atoms with E-state index < -0.39 is 0 Å². The van der Waals surface area contributed by atoms with Gasteiger partial charge in [-0.1, -0.05) is 18.2 Å². The predicted molar refractivity (Wildman–Crippen MR) is 85.6 cm³/mol. The number of hydrogen-bond acceptors (Lipinski definition) is 4. The summed E-state index contributed by atoms with van der Waals surface area (Å²) in [6.07, 6.45) is 0. The number of nitrogens with one attached hydrogen (secondary N) is 2. The van der Waals surface area contributed by atoms with Crippen molar-refractivity contribution in [2.75, 3.05) is 5.32 Å². The van der Waals surface area contributed by atoms with Crippen LogP contribution in [0.15, 0.2) is 52.6 Å². The average molecular weight is 310 g/mol. The van der Waals surface area contributed by atoms with Gasteiger partial charge in [-0.25, -0.2) is 4.98 Å². The predicted octanol–water partition coefficient (Wildman–Crippen LogP) is 2.49. The van der Waals surface area contributed by atoms with Crippen LogP contribution in [0.4, 0.5) is 5.82 Å². The topological polar surface area (TPSA) is 79.3 Å². The molecule has 0 spiro atoms. The third kappa shape index (κ3) is 1.99. The number of hydrogen-bond donors (Lipinski definition) is 2. The number of benzene rings is 1. The Kier molecular flexibility index (Phi) is 2.80. The molecule has 1 amide bonds. The number of para-hydroxylation sites is 2. The lowest BCUT2D eigenvalue weighted by Gasteiger charge is -2.07. The lowest BCUT2D eigenvalue weighted by Crippen LogP contribution is -2.17. The van der Waals surface area contributed by atoms with Crippen LogP contribution in [-0.4, -0.2) is 20.3 Å². The summed E-state index contributed by atoms with van der Waals surface area (Å²) in [7, 11) is 0. The van der Waals surface area contributed by atoms with Gasteiger partial charge in [-0.2, -0.15) is 0 Å². The summed E-state index contributed by atoms with van der Waals surface area (Å²) < 4.78 is 1.72. The van der Waals surface area contributed by atoms with Crippen LogP contribution in [0.2, 0.25) is 0 Å². The summed E-state index contributed by atoms with van der Waals surface area (Å²) >= 11 is 1.34. The molecular formula is C15H10N4O2S. The molecule has 6 nitrogen and oxygen atoms in total. The molecule has 0 fully saturated rings. The minimum Gasteiger partial charge on any atom is -0.307 e. The number of anilines is 1. The summed E-state index contributed by atoms with van der Waals surface area (Å²) in [5, 5.41) is 4.61. The number of carbonyl (C=O) groups is 1. The van der Waals surface area contributed by atoms with Gasteiger partial charge in [-0.15, -0.1) is 11.3 Å². The third-order valence-electron chi connectivity index (χ3n) is 3.29. The lowest BCUT2D eigenvalue weighted by atomic mass is 10.3. The number of H-pyrrole nitrogens is 1. The second-order valence-electron chi connectivity index (χ2n) is 4.71. The van der Waals surface area contributed by atoms with Gasteiger partial charge in [0.1, 0.15) is 5.82 Å². The van der Waals surface area contributed by atoms with Crippen molar-refractivity contribution in [1.82, 2.24) is 14.4 Å². The molecule has 1 aromatic carbocycles. The zero-order chi connectivity index (χ0) is 15.1. The molecule has 2 N–H and O–H groups in total. The molecule has 22 heavy (non-hydrogen) atoms. The smallest absolute Gasteiger partial charge is 0.266 e. The zero-order valence-corrected chi connectivity index (χ0v) is 12.1. The molecule has 0 saturated carbocycles. The number of fused-ring (bicyclic) bond motifs is 3. The second-order valence-corrected chi connectivity index (χ2v) is 5.66. The molecule has 4 aromatic rings. The largest absolute Gasteiger partial charge is 0.307 e. The average Bonchev–Trinajstić information content (AvgIpc) is 3.14. The Balaban J connectivity index is 1.92. The highest BCUT2D eigenvalue weighted by atomic mass is 32.1. The summed E-state index contributed by atoms with van der Waals surface area (Å²) in [5.74, 6) is 0.542. The van der Waals surface area contributed by atoms with Crippen molar-refractivity contribution >= 4 is 39.9 Å². The SMILES string of the molecule is O=C(Nc1cc(=O)[nH]c2nc3ccccc3n12)c1cccs1. The number of imidazole rings is 1. The van der Waals surface area contributed by atoms with Gasteiger partial charge in [0.25, 0.3) is 11.5 Å². The van der Waals surface area contributed by atoms with Crippen molar-refractivity contribution in [3.05, 3.63) is 63.1 Å². The molecule has 3 heterocycles. The van der Waals surface area contributed by atoms with Crippen molar-refractivity contribution in [3.8, 4) is 0 Å². The quantitative estimate of drug-likeness (QED) is 0.597. The summed E-state index contributed by atoms with van der Waals surface area (Å²) in [5.41, 5.74) is 1.25. The standard InChI is InChI=1S/C15H10N4O2S/c20-13-8-12(17-14(21)11-6-3-7-22-11)19-10-5-2-1-4-9(10)16-15(19)18-13/h1-8H,(H,17,21)(H,16,18,20). The van der Waals surface area contributed by atoms with Crippen LogP contribution in [-0.2, 0) is 0 Å². The first-order valence-electron chi connectivity index (χ1n) is 6.58. The molecule has 3 aromatic heterocycles. The van der Waals surface area contributed by atoms with Gasteiger partial charge in [0.2, 0.25) is 5.78 Å². The number of rotatable bonds is 2. The van der Waals surface area contributed by atoms with E-state index in [2.05, 4.69) is 15.3 Å². The molecular weight excluding hydrogens is 300 g/mol. The fourth-order valence-electron chi connectivity index (χ4n) is 2.37. The fraction of sp³-hybridized carbons (Fsp3) is 0. The molecule has 7 heteroatoms. The maximum absolute atomic E-state index is 12.2. The van der Waals surface area contributed by atoms with Crippen molar-refractivity contribution in [2.24, 2.45) is 0 Å². The summed E-state index contributed by atoms with van der Waals surface area (Å²) in [6, 6.07) is 12.4. The molecule has 0 radical (unpaired) electrons. The van der Waals surface area contributed by atoms with Crippen LogP contribution in [0.1, 0.15) is 9.67 Å². The molecule has 0 atom stereocenters. The van der Waals surface area contributed by atoms with Gasteiger partial charge in [0.05, 0.1) is 15.9 Å². The van der Waals surface area contributed by atoms with E-state index in [0.29, 0.717) is 16.5 Å². The van der Waals surface area contributed by atoms with Gasteiger partial charge in [-0.3, -0.25) is 19.0 Å². The van der Waals surface area contributed by atoms with E-state index in [1.54, 1.807) is 16.5 Å². The highest BCUT2D eigenvalue weighted by Crippen LogP contribution is 2.19. The van der Waals surface area contributed by atoms with Crippen LogP contribution in [0.3, 0.4) is 0 Å². The van der Waals surface area contributed by atoms with Crippen LogP contribution < -0.4 is 10.9 Å². The molecule has 0 unspecified atom stereocenters. The molecule has 108 valence electrons. The normalized spacial score (nSPS) is 11.1. The van der Waals surface area contributed by atoms with Crippen LogP contribution in [0.25, 0.3) is 16.8 Å². The first-order valence-corrected chi connectivity index (χ1v) is 7.46. The van der Waals surface area contributed by atoms with Crippen molar-refractivity contribution in [2.45, 2.75) is 0 Å². The molecule has 4 rings (SSSR count). The molecule has 0 saturated heterocycles. The zero-order valence-electron chi connectivity index (χ0n) is 11.2. The number of aromatic amines is 1. The van der Waals surface area contributed by atoms with E-state index in [9.17, 15) is 9.59 Å². The number of carbonyl (C=O) groups excluding carboxylic acids is 1. The fourth-order valence-corrected chi connectivity index (χ4v) is 2.99. The molecule has 0 aliphatic carbocycles. The highest BCUT2D eigenvalue weighted by Gasteiger charge is 2.13. The van der Waals surface area contributed by atoms with Crippen molar-refractivity contribution in [1.29, 1.82) is 0 Å². The Morgan fingerprint density at radius 2 is 2.09 bits per heavy atom. The van der Waals surface area contributed by atoms with E-state index in [0.717, 1.165) is 11.0 Å². The minimum atomic E-state index is -0.315. The first-order chi connectivity index (χ1) is 10.7. The van der Waals surface area contributed by atoms with Crippen molar-refractivity contribution in [3.63, 3.8) is 0 Å². The van der Waals surface area contributed by atoms with E-state index in [1.165, 1.54) is 17.4 Å². The summed E-state index contributed by atoms with van der Waals surface area (Å²) in [6.45, 7) is 0. The maximum Gasteiger partial charge on any atom is 0.266 e. The minimum absolute atomic E-state index is 0.250. The monoisotopic (exact) mass is 310 g/mol. The Morgan fingerprint density at radius 3 is 2.91 bits per heavy atom. The van der Waals surface area contributed by atoms with Crippen LogP contribution >= 0.6 is 11.3 Å². The van der Waals surface area contributed by atoms with Gasteiger partial charge in [0, 0.05) is 6.07 Å². The Bertz CT molecular complexity index is 1050. The first kappa shape index (κ1) is 12.8. The number of aromatic nitrogens is 3. The maximum atomic E-state index is 12.2. The van der Waals surface area contributed by atoms with Gasteiger partial charge >= 0.3 is 0 Å². The van der Waals surface area contributed by atoms with Crippen LogP contribution in [0.5, 0.6) is 0 Å². The van der Waals surface area contributed by atoms with E-state index in [1.807, 2.05) is 29.6 Å². The number of nitrogens with zero attached hydrogens (tertiary/aromatic N) is 2. The number of thiophene rings is 1. The van der Waals surface area contributed by atoms with E-state index >= 15 is 0 Å². The van der Waals surface area contributed by atoms with Crippen LogP contribution in [0, 0.1) is 0 Å². The Labute approximate surface area is 128 Å². The Hall–Kier alpha value is -2.93. The van der Waals surface area contributed by atoms with Gasteiger partial charge in [0.15, 0.2) is 0 Å². The third-order valence-corrected chi connectivity index (χ3v) is 4.16. The Morgan fingerprint density at radius 1 is 1.23 bits per heavy atom. The van der Waals surface area contributed by atoms with Gasteiger partial charge < -0.3 is 5.32 Å². The molecule has 0 bridgehead atoms. The summed E-state index contributed by atoms with van der Waals surface area (Å²) in [4.78, 5) is 31.7. The molecule has 0 aliphatic heterocycles. The van der Waals surface area contributed by atoms with Crippen molar-refractivity contribution < 1.29 is 4.79 Å². The lowest BCUT2D eigenvalue weighted by molar-refractivity contribution is 0.103.